The summed E-state index contributed by atoms with van der Waals surface area (Å²) in [5.74, 6) is 1.60. The maximum absolute atomic E-state index is 13.0. The second-order valence-electron chi connectivity index (χ2n) is 6.48. The van der Waals surface area contributed by atoms with Crippen LogP contribution in [0.3, 0.4) is 0 Å². The highest BCUT2D eigenvalue weighted by molar-refractivity contribution is 7.98. The topological polar surface area (TPSA) is 38.3 Å². The fourth-order valence-corrected chi connectivity index (χ4v) is 4.01. The normalized spacial score (nSPS) is 11.6. The molecule has 144 valence electrons. The minimum atomic E-state index is -0.0428. The smallest absolute Gasteiger partial charge is 0.252 e. The van der Waals surface area contributed by atoms with Gasteiger partial charge >= 0.3 is 0 Å². The van der Waals surface area contributed by atoms with Gasteiger partial charge in [0, 0.05) is 10.6 Å². The predicted octanol–water partition coefficient (Wildman–Crippen LogP) is 5.87. The summed E-state index contributed by atoms with van der Waals surface area (Å²) in [4.78, 5) is 14.0. The van der Waals surface area contributed by atoms with Gasteiger partial charge in [0.2, 0.25) is 0 Å². The first-order valence-electron chi connectivity index (χ1n) is 9.41. The van der Waals surface area contributed by atoms with E-state index in [0.717, 1.165) is 33.9 Å². The van der Waals surface area contributed by atoms with Gasteiger partial charge in [-0.25, -0.2) is 0 Å². The molecule has 0 bridgehead atoms. The average molecular weight is 392 g/mol. The molecule has 1 atom stereocenters. The van der Waals surface area contributed by atoms with Crippen molar-refractivity contribution in [1.82, 2.24) is 5.32 Å². The SMILES string of the molecule is CC[C@@H](NC(=O)c1ccccc1SCc1ccccc1)c1ccc(OC)cc1. The van der Waals surface area contributed by atoms with E-state index in [2.05, 4.69) is 24.4 Å². The van der Waals surface area contributed by atoms with Gasteiger partial charge in [0.25, 0.3) is 5.91 Å². The van der Waals surface area contributed by atoms with Gasteiger partial charge in [-0.2, -0.15) is 0 Å². The van der Waals surface area contributed by atoms with Crippen LogP contribution in [0.5, 0.6) is 5.75 Å². The number of benzene rings is 3. The van der Waals surface area contributed by atoms with Gasteiger partial charge in [-0.3, -0.25) is 4.79 Å². The lowest BCUT2D eigenvalue weighted by Gasteiger charge is -2.19. The summed E-state index contributed by atoms with van der Waals surface area (Å²) >= 11 is 1.69. The Morgan fingerprint density at radius 3 is 2.32 bits per heavy atom. The van der Waals surface area contributed by atoms with Crippen molar-refractivity contribution in [2.45, 2.75) is 30.0 Å². The molecular weight excluding hydrogens is 366 g/mol. The Balaban J connectivity index is 1.72. The summed E-state index contributed by atoms with van der Waals surface area (Å²) in [7, 11) is 1.65. The van der Waals surface area contributed by atoms with E-state index in [1.165, 1.54) is 5.56 Å². The lowest BCUT2D eigenvalue weighted by Crippen LogP contribution is -2.28. The molecule has 0 aromatic heterocycles. The highest BCUT2D eigenvalue weighted by Crippen LogP contribution is 2.27. The minimum absolute atomic E-state index is 0.0365. The number of nitrogens with one attached hydrogen (secondary N) is 1. The van der Waals surface area contributed by atoms with Gasteiger partial charge in [0.05, 0.1) is 18.7 Å². The molecular formula is C24H25NO2S. The Hall–Kier alpha value is -2.72. The standard InChI is InChI=1S/C24H25NO2S/c1-3-22(19-13-15-20(27-2)16-14-19)25-24(26)21-11-7-8-12-23(21)28-17-18-9-5-4-6-10-18/h4-16,22H,3,17H2,1-2H3,(H,25,26)/t22-/m1/s1. The van der Waals surface area contributed by atoms with E-state index in [1.54, 1.807) is 18.9 Å². The quantitative estimate of drug-likeness (QED) is 0.488. The van der Waals surface area contributed by atoms with E-state index in [9.17, 15) is 4.79 Å². The number of ether oxygens (including phenoxy) is 1. The van der Waals surface area contributed by atoms with E-state index in [-0.39, 0.29) is 11.9 Å². The van der Waals surface area contributed by atoms with Crippen molar-refractivity contribution in [2.24, 2.45) is 0 Å². The molecule has 0 aliphatic carbocycles. The Kier molecular flexibility index (Phi) is 7.15. The first kappa shape index (κ1) is 20.0. The molecule has 3 rings (SSSR count). The number of methoxy groups -OCH3 is 1. The molecule has 0 spiro atoms. The molecule has 3 aromatic rings. The monoisotopic (exact) mass is 391 g/mol. The largest absolute Gasteiger partial charge is 0.497 e. The molecule has 3 nitrogen and oxygen atoms in total. The van der Waals surface area contributed by atoms with Crippen LogP contribution >= 0.6 is 11.8 Å². The highest BCUT2D eigenvalue weighted by Gasteiger charge is 2.17. The number of carbonyl (C=O) groups is 1. The van der Waals surface area contributed by atoms with Crippen molar-refractivity contribution in [3.8, 4) is 5.75 Å². The Bertz CT molecular complexity index is 894. The molecule has 0 aliphatic rings. The number of carbonyl (C=O) groups excluding carboxylic acids is 1. The lowest BCUT2D eigenvalue weighted by atomic mass is 10.0. The number of hydrogen-bond acceptors (Lipinski definition) is 3. The van der Waals surface area contributed by atoms with Crippen LogP contribution in [0.1, 0.15) is 40.9 Å². The lowest BCUT2D eigenvalue weighted by molar-refractivity contribution is 0.0932. The highest BCUT2D eigenvalue weighted by atomic mass is 32.2. The summed E-state index contributed by atoms with van der Waals surface area (Å²) in [6.45, 7) is 2.07. The van der Waals surface area contributed by atoms with Crippen molar-refractivity contribution >= 4 is 17.7 Å². The van der Waals surface area contributed by atoms with E-state index in [1.807, 2.05) is 66.7 Å². The molecule has 0 fully saturated rings. The molecule has 1 N–H and O–H groups in total. The third-order valence-electron chi connectivity index (χ3n) is 4.60. The molecule has 0 unspecified atom stereocenters. The van der Waals surface area contributed by atoms with E-state index in [0.29, 0.717) is 0 Å². The number of hydrogen-bond donors (Lipinski definition) is 1. The third kappa shape index (κ3) is 5.17. The molecule has 28 heavy (non-hydrogen) atoms. The maximum Gasteiger partial charge on any atom is 0.252 e. The summed E-state index contributed by atoms with van der Waals surface area (Å²) in [5.41, 5.74) is 3.04. The Morgan fingerprint density at radius 2 is 1.64 bits per heavy atom. The van der Waals surface area contributed by atoms with Crippen LogP contribution in [0, 0.1) is 0 Å². The van der Waals surface area contributed by atoms with Crippen molar-refractivity contribution in [3.05, 3.63) is 95.6 Å². The first-order valence-corrected chi connectivity index (χ1v) is 10.4. The molecule has 1 amide bonds. The molecule has 0 aliphatic heterocycles. The summed E-state index contributed by atoms with van der Waals surface area (Å²) in [6.07, 6.45) is 0.817. The second-order valence-corrected chi connectivity index (χ2v) is 7.50. The van der Waals surface area contributed by atoms with E-state index in [4.69, 9.17) is 4.74 Å². The van der Waals surface area contributed by atoms with Crippen LogP contribution < -0.4 is 10.1 Å². The van der Waals surface area contributed by atoms with Gasteiger partial charge in [-0.05, 0) is 41.8 Å². The zero-order valence-corrected chi connectivity index (χ0v) is 17.0. The number of rotatable bonds is 8. The van der Waals surface area contributed by atoms with Crippen molar-refractivity contribution in [3.63, 3.8) is 0 Å². The molecule has 4 heteroatoms. The predicted molar refractivity (Wildman–Crippen MR) is 116 cm³/mol. The van der Waals surface area contributed by atoms with Crippen molar-refractivity contribution in [1.29, 1.82) is 0 Å². The maximum atomic E-state index is 13.0. The Labute approximate surface area is 171 Å². The van der Waals surface area contributed by atoms with Gasteiger partial charge in [0.15, 0.2) is 0 Å². The molecule has 0 radical (unpaired) electrons. The van der Waals surface area contributed by atoms with Crippen LogP contribution in [0.4, 0.5) is 0 Å². The Morgan fingerprint density at radius 1 is 0.964 bits per heavy atom. The van der Waals surface area contributed by atoms with Gasteiger partial charge in [-0.1, -0.05) is 61.5 Å². The van der Waals surface area contributed by atoms with Crippen molar-refractivity contribution < 1.29 is 9.53 Å². The zero-order chi connectivity index (χ0) is 19.8. The zero-order valence-electron chi connectivity index (χ0n) is 16.2. The minimum Gasteiger partial charge on any atom is -0.497 e. The van der Waals surface area contributed by atoms with E-state index < -0.39 is 0 Å². The summed E-state index contributed by atoms with van der Waals surface area (Å²) in [5, 5.41) is 3.18. The molecule has 3 aromatic carbocycles. The van der Waals surface area contributed by atoms with Crippen LogP contribution in [0.15, 0.2) is 83.8 Å². The molecule has 0 heterocycles. The number of amides is 1. The second kappa shape index (κ2) is 10.00. The summed E-state index contributed by atoms with van der Waals surface area (Å²) < 4.78 is 5.22. The molecule has 0 saturated carbocycles. The fraction of sp³-hybridized carbons (Fsp3) is 0.208. The van der Waals surface area contributed by atoms with Crippen LogP contribution in [-0.4, -0.2) is 13.0 Å². The number of thioether (sulfide) groups is 1. The van der Waals surface area contributed by atoms with Gasteiger partial charge in [0.1, 0.15) is 5.75 Å². The fourth-order valence-electron chi connectivity index (χ4n) is 3.01. The van der Waals surface area contributed by atoms with Crippen LogP contribution in [0.2, 0.25) is 0 Å². The van der Waals surface area contributed by atoms with E-state index >= 15 is 0 Å². The van der Waals surface area contributed by atoms with Gasteiger partial charge < -0.3 is 10.1 Å². The first-order chi connectivity index (χ1) is 13.7. The van der Waals surface area contributed by atoms with Gasteiger partial charge in [-0.15, -0.1) is 11.8 Å². The molecule has 0 saturated heterocycles. The van der Waals surface area contributed by atoms with Crippen molar-refractivity contribution in [2.75, 3.05) is 7.11 Å². The van der Waals surface area contributed by atoms with Crippen LogP contribution in [0.25, 0.3) is 0 Å². The third-order valence-corrected chi connectivity index (χ3v) is 5.75. The average Bonchev–Trinajstić information content (AvgIpc) is 2.77. The summed E-state index contributed by atoms with van der Waals surface area (Å²) in [6, 6.07) is 25.9. The van der Waals surface area contributed by atoms with Crippen LogP contribution in [-0.2, 0) is 5.75 Å².